The second-order valence-electron chi connectivity index (χ2n) is 8.54. The summed E-state index contributed by atoms with van der Waals surface area (Å²) in [7, 11) is -2.11. The standard InChI is InChI=1S/C20H27NOS.C10H8O3S/c1-3-4-16-23-20-13-9-8-12-19(20)22-18(14-15-21-2)17-10-6-5-7-11-17;11-14(12,13)10-6-5-8-3-1-2-4-9(8)7-10/h5-13,18,21H,3-4,14-16H2,1-2H3;1-7H,(H,11,12,13)/t18-;/m0./s1. The van der Waals surface area contributed by atoms with Crippen molar-refractivity contribution < 1.29 is 17.7 Å². The molecule has 4 rings (SSSR count). The van der Waals surface area contributed by atoms with Crippen LogP contribution in [0.5, 0.6) is 5.75 Å². The molecule has 0 aromatic heterocycles. The molecule has 0 aliphatic heterocycles. The van der Waals surface area contributed by atoms with Crippen LogP contribution in [0.4, 0.5) is 0 Å². The van der Waals surface area contributed by atoms with E-state index in [1.54, 1.807) is 12.1 Å². The Morgan fingerprint density at radius 2 is 1.57 bits per heavy atom. The maximum Gasteiger partial charge on any atom is 0.294 e. The maximum atomic E-state index is 10.8. The van der Waals surface area contributed by atoms with Crippen molar-refractivity contribution >= 4 is 32.7 Å². The number of rotatable bonds is 11. The first-order valence-corrected chi connectivity index (χ1v) is 14.9. The number of thioether (sulfide) groups is 1. The lowest BCUT2D eigenvalue weighted by atomic mass is 10.1. The van der Waals surface area contributed by atoms with Crippen LogP contribution in [0.3, 0.4) is 0 Å². The van der Waals surface area contributed by atoms with Crippen LogP contribution in [0.2, 0.25) is 0 Å². The quantitative estimate of drug-likeness (QED) is 0.118. The molecule has 7 heteroatoms. The van der Waals surface area contributed by atoms with Gasteiger partial charge in [0.15, 0.2) is 0 Å². The van der Waals surface area contributed by atoms with E-state index in [0.29, 0.717) is 0 Å². The third kappa shape index (κ3) is 9.20. The molecule has 0 bridgehead atoms. The zero-order chi connectivity index (χ0) is 26.5. The predicted molar refractivity (Wildman–Crippen MR) is 154 cm³/mol. The number of hydrogen-bond acceptors (Lipinski definition) is 5. The van der Waals surface area contributed by atoms with E-state index in [1.165, 1.54) is 35.4 Å². The molecule has 0 saturated carbocycles. The molecule has 4 aromatic carbocycles. The van der Waals surface area contributed by atoms with Gasteiger partial charge >= 0.3 is 0 Å². The Hall–Kier alpha value is -2.84. The average Bonchev–Trinajstić information content (AvgIpc) is 2.92. The first-order valence-electron chi connectivity index (χ1n) is 12.5. The normalized spacial score (nSPS) is 12.0. The van der Waals surface area contributed by atoms with Crippen molar-refractivity contribution in [2.45, 2.75) is 42.1 Å². The monoisotopic (exact) mass is 537 g/mol. The average molecular weight is 538 g/mol. The van der Waals surface area contributed by atoms with E-state index in [9.17, 15) is 8.42 Å². The molecular formula is C30H35NO4S2. The molecule has 0 amide bonds. The Bertz CT molecular complexity index is 1340. The van der Waals surface area contributed by atoms with Crippen LogP contribution in [-0.2, 0) is 10.1 Å². The minimum atomic E-state index is -4.09. The highest BCUT2D eigenvalue weighted by Crippen LogP contribution is 2.34. The van der Waals surface area contributed by atoms with Gasteiger partial charge in [-0.05, 0) is 66.4 Å². The van der Waals surface area contributed by atoms with Gasteiger partial charge in [0.05, 0.1) is 4.90 Å². The van der Waals surface area contributed by atoms with Crippen LogP contribution in [0.1, 0.15) is 37.9 Å². The lowest BCUT2D eigenvalue weighted by Gasteiger charge is -2.21. The Morgan fingerprint density at radius 3 is 2.27 bits per heavy atom. The van der Waals surface area contributed by atoms with E-state index >= 15 is 0 Å². The Kier molecular flexibility index (Phi) is 11.5. The zero-order valence-electron chi connectivity index (χ0n) is 21.3. The fraction of sp³-hybridized carbons (Fsp3) is 0.267. The van der Waals surface area contributed by atoms with Gasteiger partial charge in [-0.25, -0.2) is 0 Å². The molecule has 0 saturated heterocycles. The van der Waals surface area contributed by atoms with Crippen LogP contribution >= 0.6 is 11.8 Å². The second-order valence-corrected chi connectivity index (χ2v) is 11.1. The van der Waals surface area contributed by atoms with Crippen LogP contribution in [-0.4, -0.2) is 32.3 Å². The van der Waals surface area contributed by atoms with Crippen molar-refractivity contribution in [1.29, 1.82) is 0 Å². The van der Waals surface area contributed by atoms with Crippen LogP contribution in [0, 0.1) is 0 Å². The third-order valence-electron chi connectivity index (χ3n) is 5.72. The summed E-state index contributed by atoms with van der Waals surface area (Å²) in [6.45, 7) is 3.16. The van der Waals surface area contributed by atoms with E-state index in [-0.39, 0.29) is 11.0 Å². The predicted octanol–water partition coefficient (Wildman–Crippen LogP) is 7.39. The molecule has 2 N–H and O–H groups in total. The van der Waals surface area contributed by atoms with Crippen molar-refractivity contribution in [1.82, 2.24) is 5.32 Å². The summed E-state index contributed by atoms with van der Waals surface area (Å²) in [5.41, 5.74) is 1.23. The molecule has 0 radical (unpaired) electrons. The molecule has 4 aromatic rings. The molecule has 0 aliphatic rings. The molecule has 5 nitrogen and oxygen atoms in total. The molecule has 1 atom stereocenters. The van der Waals surface area contributed by atoms with E-state index < -0.39 is 10.1 Å². The van der Waals surface area contributed by atoms with Crippen molar-refractivity contribution in [3.05, 3.63) is 103 Å². The van der Waals surface area contributed by atoms with E-state index in [0.717, 1.165) is 35.2 Å². The van der Waals surface area contributed by atoms with Crippen molar-refractivity contribution in [3.63, 3.8) is 0 Å². The lowest BCUT2D eigenvalue weighted by Crippen LogP contribution is -2.16. The first-order chi connectivity index (χ1) is 17.9. The SMILES string of the molecule is CCCCSc1ccccc1O[C@@H](CCNC)c1ccccc1.O=S(=O)(O)c1ccc2ccccc2c1. The molecule has 0 heterocycles. The van der Waals surface area contributed by atoms with Crippen molar-refractivity contribution in [2.75, 3.05) is 19.3 Å². The van der Waals surface area contributed by atoms with Crippen LogP contribution in [0.25, 0.3) is 10.8 Å². The highest BCUT2D eigenvalue weighted by Gasteiger charge is 2.15. The number of para-hydroxylation sites is 1. The number of fused-ring (bicyclic) bond motifs is 1. The highest BCUT2D eigenvalue weighted by atomic mass is 32.2. The maximum absolute atomic E-state index is 10.8. The smallest absolute Gasteiger partial charge is 0.294 e. The van der Waals surface area contributed by atoms with E-state index in [4.69, 9.17) is 9.29 Å². The molecule has 196 valence electrons. The molecule has 0 aliphatic carbocycles. The van der Waals surface area contributed by atoms with Gasteiger partial charge in [0.1, 0.15) is 11.9 Å². The Balaban J connectivity index is 0.000000231. The summed E-state index contributed by atoms with van der Waals surface area (Å²) in [6, 6.07) is 30.7. The fourth-order valence-corrected chi connectivity index (χ4v) is 5.31. The molecule has 0 unspecified atom stereocenters. The van der Waals surface area contributed by atoms with Crippen LogP contribution in [0.15, 0.2) is 107 Å². The summed E-state index contributed by atoms with van der Waals surface area (Å²) in [5, 5.41) is 4.96. The Morgan fingerprint density at radius 1 is 0.892 bits per heavy atom. The van der Waals surface area contributed by atoms with Gasteiger partial charge in [-0.1, -0.05) is 86.1 Å². The van der Waals surface area contributed by atoms with Crippen molar-refractivity contribution in [3.8, 4) is 5.75 Å². The van der Waals surface area contributed by atoms with Gasteiger partial charge in [-0.15, -0.1) is 11.8 Å². The van der Waals surface area contributed by atoms with Gasteiger partial charge in [-0.2, -0.15) is 8.42 Å². The lowest BCUT2D eigenvalue weighted by molar-refractivity contribution is 0.190. The summed E-state index contributed by atoms with van der Waals surface area (Å²) in [4.78, 5) is 1.17. The highest BCUT2D eigenvalue weighted by molar-refractivity contribution is 7.99. The number of benzene rings is 4. The first kappa shape index (κ1) is 28.7. The van der Waals surface area contributed by atoms with Gasteiger partial charge in [0.2, 0.25) is 0 Å². The largest absolute Gasteiger partial charge is 0.485 e. The van der Waals surface area contributed by atoms with E-state index in [2.05, 4.69) is 60.8 Å². The summed E-state index contributed by atoms with van der Waals surface area (Å²) < 4.78 is 36.9. The second kappa shape index (κ2) is 14.8. The molecule has 0 spiro atoms. The number of unbranched alkanes of at least 4 members (excludes halogenated alkanes) is 1. The Labute approximate surface area is 225 Å². The van der Waals surface area contributed by atoms with Crippen LogP contribution < -0.4 is 10.1 Å². The molecule has 0 fully saturated rings. The molecule has 37 heavy (non-hydrogen) atoms. The summed E-state index contributed by atoms with van der Waals surface area (Å²) in [5.74, 6) is 2.14. The van der Waals surface area contributed by atoms with Gasteiger partial charge in [-0.3, -0.25) is 4.55 Å². The van der Waals surface area contributed by atoms with Crippen molar-refractivity contribution in [2.24, 2.45) is 0 Å². The fourth-order valence-electron chi connectivity index (χ4n) is 3.71. The number of ether oxygens (including phenoxy) is 1. The topological polar surface area (TPSA) is 75.6 Å². The molecular weight excluding hydrogens is 502 g/mol. The van der Waals surface area contributed by atoms with Gasteiger partial charge < -0.3 is 10.1 Å². The number of hydrogen-bond donors (Lipinski definition) is 2. The third-order valence-corrected chi connectivity index (χ3v) is 7.71. The zero-order valence-corrected chi connectivity index (χ0v) is 23.0. The minimum Gasteiger partial charge on any atom is -0.485 e. The van der Waals surface area contributed by atoms with Gasteiger partial charge in [0.25, 0.3) is 10.1 Å². The van der Waals surface area contributed by atoms with E-state index in [1.807, 2.05) is 43.1 Å². The van der Waals surface area contributed by atoms with Gasteiger partial charge in [0, 0.05) is 11.3 Å². The minimum absolute atomic E-state index is 0.0730. The summed E-state index contributed by atoms with van der Waals surface area (Å²) in [6.07, 6.45) is 3.50. The summed E-state index contributed by atoms with van der Waals surface area (Å²) >= 11 is 1.89. The number of nitrogens with one attached hydrogen (secondary N) is 1.